The maximum atomic E-state index is 13.0. The molecular formula is C24H30N2O2. The van der Waals surface area contributed by atoms with Gasteiger partial charge in [-0.25, -0.2) is 0 Å². The van der Waals surface area contributed by atoms with Crippen molar-refractivity contribution in [3.8, 4) is 0 Å². The van der Waals surface area contributed by atoms with E-state index in [1.165, 1.54) is 11.1 Å². The molecule has 148 valence electrons. The van der Waals surface area contributed by atoms with E-state index in [9.17, 15) is 9.59 Å². The molecule has 4 nitrogen and oxygen atoms in total. The van der Waals surface area contributed by atoms with E-state index in [-0.39, 0.29) is 11.8 Å². The summed E-state index contributed by atoms with van der Waals surface area (Å²) in [7, 11) is 0. The second kappa shape index (κ2) is 8.17. The molecule has 4 heteroatoms. The average molecular weight is 379 g/mol. The Bertz CT molecular complexity index is 873. The molecule has 1 fully saturated rings. The van der Waals surface area contributed by atoms with Crippen LogP contribution in [0.4, 0.5) is 0 Å². The van der Waals surface area contributed by atoms with Crippen molar-refractivity contribution >= 4 is 11.8 Å². The van der Waals surface area contributed by atoms with Gasteiger partial charge in [0.1, 0.15) is 0 Å². The van der Waals surface area contributed by atoms with Gasteiger partial charge in [0.15, 0.2) is 0 Å². The number of nitrogens with zero attached hydrogens (tertiary/aromatic N) is 1. The number of nitrogens with one attached hydrogen (secondary N) is 1. The zero-order chi connectivity index (χ0) is 20.3. The molecule has 1 N–H and O–H groups in total. The van der Waals surface area contributed by atoms with Gasteiger partial charge < -0.3 is 10.2 Å². The predicted molar refractivity (Wildman–Crippen MR) is 112 cm³/mol. The van der Waals surface area contributed by atoms with Crippen LogP contribution in [0.25, 0.3) is 0 Å². The first-order valence-corrected chi connectivity index (χ1v) is 9.99. The van der Waals surface area contributed by atoms with Crippen molar-refractivity contribution in [1.29, 1.82) is 0 Å². The summed E-state index contributed by atoms with van der Waals surface area (Å²) in [6, 6.07) is 14.0. The second-order valence-electron chi connectivity index (χ2n) is 8.36. The Hall–Kier alpha value is -2.62. The monoisotopic (exact) mass is 378 g/mol. The smallest absolute Gasteiger partial charge is 0.253 e. The summed E-state index contributed by atoms with van der Waals surface area (Å²) in [4.78, 5) is 27.7. The lowest BCUT2D eigenvalue weighted by atomic mass is 9.80. The van der Waals surface area contributed by atoms with Crippen molar-refractivity contribution in [1.82, 2.24) is 10.2 Å². The lowest BCUT2D eigenvalue weighted by molar-refractivity contribution is -0.132. The first-order valence-electron chi connectivity index (χ1n) is 9.99. The molecule has 28 heavy (non-hydrogen) atoms. The number of aryl methyl sites for hydroxylation is 3. The standard InChI is InChI=1S/C24H30N2O2/c1-17-6-9-20(10-7-17)15-25-23(28)24(4)12-5-13-26(16-24)22(27)21-11-8-18(2)19(3)14-21/h6-11,14H,5,12-13,15-16H2,1-4H3,(H,25,28). The summed E-state index contributed by atoms with van der Waals surface area (Å²) < 4.78 is 0. The van der Waals surface area contributed by atoms with E-state index in [0.29, 0.717) is 25.2 Å². The molecule has 0 spiro atoms. The molecule has 0 bridgehead atoms. The molecule has 1 atom stereocenters. The summed E-state index contributed by atoms with van der Waals surface area (Å²) in [6.45, 7) is 9.75. The minimum atomic E-state index is -0.557. The zero-order valence-electron chi connectivity index (χ0n) is 17.3. The van der Waals surface area contributed by atoms with Gasteiger partial charge in [-0.05, 0) is 69.4 Å². The van der Waals surface area contributed by atoms with E-state index in [2.05, 4.69) is 5.32 Å². The van der Waals surface area contributed by atoms with E-state index >= 15 is 0 Å². The number of carbonyl (C=O) groups excluding carboxylic acids is 2. The van der Waals surface area contributed by atoms with Crippen molar-refractivity contribution in [2.24, 2.45) is 5.41 Å². The first kappa shape index (κ1) is 20.1. The molecule has 1 unspecified atom stereocenters. The Morgan fingerprint density at radius 3 is 2.43 bits per heavy atom. The van der Waals surface area contributed by atoms with Crippen molar-refractivity contribution in [3.05, 3.63) is 70.3 Å². The number of rotatable bonds is 4. The van der Waals surface area contributed by atoms with Gasteiger partial charge in [0.2, 0.25) is 5.91 Å². The number of hydrogen-bond acceptors (Lipinski definition) is 2. The van der Waals surface area contributed by atoms with Gasteiger partial charge in [0, 0.05) is 25.2 Å². The highest BCUT2D eigenvalue weighted by molar-refractivity contribution is 5.95. The van der Waals surface area contributed by atoms with E-state index in [1.54, 1.807) is 0 Å². The fourth-order valence-electron chi connectivity index (χ4n) is 3.76. The fraction of sp³-hybridized carbons (Fsp3) is 0.417. The third-order valence-corrected chi connectivity index (χ3v) is 5.86. The van der Waals surface area contributed by atoms with Gasteiger partial charge in [-0.15, -0.1) is 0 Å². The maximum Gasteiger partial charge on any atom is 0.253 e. The van der Waals surface area contributed by atoms with Gasteiger partial charge in [-0.1, -0.05) is 35.9 Å². The highest BCUT2D eigenvalue weighted by atomic mass is 16.2. The van der Waals surface area contributed by atoms with Crippen LogP contribution in [0.1, 0.15) is 52.4 Å². The molecule has 1 heterocycles. The van der Waals surface area contributed by atoms with Crippen molar-refractivity contribution < 1.29 is 9.59 Å². The summed E-state index contributed by atoms with van der Waals surface area (Å²) in [5, 5.41) is 3.07. The quantitative estimate of drug-likeness (QED) is 0.868. The van der Waals surface area contributed by atoms with Crippen LogP contribution in [-0.2, 0) is 11.3 Å². The van der Waals surface area contributed by atoms with Crippen LogP contribution in [0, 0.1) is 26.2 Å². The minimum absolute atomic E-state index is 0.0142. The molecular weight excluding hydrogens is 348 g/mol. The number of carbonyl (C=O) groups is 2. The average Bonchev–Trinajstić information content (AvgIpc) is 2.69. The van der Waals surface area contributed by atoms with Gasteiger partial charge in [0.05, 0.1) is 5.41 Å². The topological polar surface area (TPSA) is 49.4 Å². The maximum absolute atomic E-state index is 13.0. The minimum Gasteiger partial charge on any atom is -0.351 e. The lowest BCUT2D eigenvalue weighted by Crippen LogP contribution is -2.51. The van der Waals surface area contributed by atoms with Crippen LogP contribution in [0.5, 0.6) is 0 Å². The SMILES string of the molecule is Cc1ccc(CNC(=O)C2(C)CCCN(C(=O)c3ccc(C)c(C)c3)C2)cc1. The summed E-state index contributed by atoms with van der Waals surface area (Å²) in [6.07, 6.45) is 1.63. The van der Waals surface area contributed by atoms with Crippen molar-refractivity contribution in [2.75, 3.05) is 13.1 Å². The molecule has 1 aliphatic rings. The first-order chi connectivity index (χ1) is 13.3. The van der Waals surface area contributed by atoms with Gasteiger partial charge in [-0.2, -0.15) is 0 Å². The molecule has 2 aromatic rings. The summed E-state index contributed by atoms with van der Waals surface area (Å²) in [5.74, 6) is 0.0334. The third kappa shape index (κ3) is 4.44. The van der Waals surface area contributed by atoms with Crippen molar-refractivity contribution in [3.63, 3.8) is 0 Å². The summed E-state index contributed by atoms with van der Waals surface area (Å²) >= 11 is 0. The Kier molecular flexibility index (Phi) is 5.87. The lowest BCUT2D eigenvalue weighted by Gasteiger charge is -2.39. The largest absolute Gasteiger partial charge is 0.351 e. The number of piperidine rings is 1. The van der Waals surface area contributed by atoms with Crippen LogP contribution in [0.3, 0.4) is 0 Å². The van der Waals surface area contributed by atoms with Gasteiger partial charge >= 0.3 is 0 Å². The second-order valence-corrected chi connectivity index (χ2v) is 8.36. The highest BCUT2D eigenvalue weighted by Crippen LogP contribution is 2.31. The molecule has 2 aromatic carbocycles. The molecule has 1 aliphatic heterocycles. The van der Waals surface area contributed by atoms with Crippen LogP contribution >= 0.6 is 0 Å². The van der Waals surface area contributed by atoms with Crippen LogP contribution in [-0.4, -0.2) is 29.8 Å². The van der Waals surface area contributed by atoms with E-state index in [4.69, 9.17) is 0 Å². The molecule has 0 saturated carbocycles. The molecule has 0 aromatic heterocycles. The predicted octanol–water partition coefficient (Wildman–Crippen LogP) is 4.17. The zero-order valence-corrected chi connectivity index (χ0v) is 17.3. The Morgan fingerprint density at radius 1 is 1.04 bits per heavy atom. The van der Waals surface area contributed by atoms with Gasteiger partial charge in [-0.3, -0.25) is 9.59 Å². The molecule has 0 radical (unpaired) electrons. The summed E-state index contributed by atoms with van der Waals surface area (Å²) in [5.41, 5.74) is 4.72. The third-order valence-electron chi connectivity index (χ3n) is 5.86. The fourth-order valence-corrected chi connectivity index (χ4v) is 3.76. The van der Waals surface area contributed by atoms with Crippen LogP contribution < -0.4 is 5.32 Å². The molecule has 2 amide bonds. The number of benzene rings is 2. The Labute approximate surface area is 167 Å². The number of hydrogen-bond donors (Lipinski definition) is 1. The normalized spacial score (nSPS) is 19.4. The van der Waals surface area contributed by atoms with Crippen LogP contribution in [0.2, 0.25) is 0 Å². The van der Waals surface area contributed by atoms with Crippen LogP contribution in [0.15, 0.2) is 42.5 Å². The van der Waals surface area contributed by atoms with Crippen molar-refractivity contribution in [2.45, 2.75) is 47.1 Å². The van der Waals surface area contributed by atoms with E-state index in [1.807, 2.05) is 75.1 Å². The Morgan fingerprint density at radius 2 is 1.75 bits per heavy atom. The Balaban J connectivity index is 1.66. The number of amides is 2. The van der Waals surface area contributed by atoms with Gasteiger partial charge in [0.25, 0.3) is 5.91 Å². The molecule has 1 saturated heterocycles. The number of likely N-dealkylation sites (tertiary alicyclic amines) is 1. The van der Waals surface area contributed by atoms with E-state index < -0.39 is 5.41 Å². The molecule has 0 aliphatic carbocycles. The highest BCUT2D eigenvalue weighted by Gasteiger charge is 2.39. The molecule has 3 rings (SSSR count). The van der Waals surface area contributed by atoms with E-state index in [0.717, 1.165) is 24.0 Å².